The van der Waals surface area contributed by atoms with Crippen LogP contribution in [0.4, 0.5) is 11.4 Å². The molecular weight excluding hydrogens is 531 g/mol. The van der Waals surface area contributed by atoms with Crippen molar-refractivity contribution in [2.45, 2.75) is 13.2 Å². The molecule has 0 saturated carbocycles. The van der Waals surface area contributed by atoms with Crippen molar-refractivity contribution >= 4 is 20.0 Å². The number of benzene rings is 4. The van der Waals surface area contributed by atoms with Gasteiger partial charge in [0.1, 0.15) is 0 Å². The highest BCUT2D eigenvalue weighted by molar-refractivity contribution is 7.42. The third-order valence-corrected chi connectivity index (χ3v) is 6.64. The smallest absolute Gasteiger partial charge is 0.398 e. The number of azo groups is 1. The zero-order valence-electron chi connectivity index (χ0n) is 22.8. The first kappa shape index (κ1) is 28.8. The maximum absolute atomic E-state index is 6.21. The Hall–Kier alpha value is -4.17. The zero-order chi connectivity index (χ0) is 28.2. The van der Waals surface area contributed by atoms with Gasteiger partial charge < -0.3 is 23.5 Å². The summed E-state index contributed by atoms with van der Waals surface area (Å²) in [6.45, 7) is 0.647. The molecule has 0 radical (unpaired) electrons. The number of hydrogen-bond acceptors (Lipinski definition) is 9. The van der Waals surface area contributed by atoms with Crippen molar-refractivity contribution in [3.05, 3.63) is 102 Å². The molecule has 0 aliphatic carbocycles. The lowest BCUT2D eigenvalue weighted by molar-refractivity contribution is 0.190. The summed E-state index contributed by atoms with van der Waals surface area (Å²) in [7, 11) is 4.41. The standard InChI is InChI=1S/C30H31N2O7P/c1-33-26-16-15-24(31-32-25-18-28(34-2)30(36-4)29(19-25)35-3)17-27(26)39-40(37-20-22-11-7-5-8-12-22)38-21-23-13-9-6-10-14-23/h5-19H,20-21H2,1-4H3. The van der Waals surface area contributed by atoms with E-state index in [9.17, 15) is 0 Å². The van der Waals surface area contributed by atoms with E-state index < -0.39 is 8.60 Å². The SMILES string of the molecule is COc1ccc(N=Nc2cc(OC)c(OC)c(OC)c2)cc1OP(OCc1ccccc1)OCc1ccccc1. The van der Waals surface area contributed by atoms with Gasteiger partial charge in [-0.15, -0.1) is 0 Å². The molecule has 208 valence electrons. The predicted octanol–water partition coefficient (Wildman–Crippen LogP) is 8.18. The minimum Gasteiger partial charge on any atom is -0.493 e. The first-order valence-corrected chi connectivity index (χ1v) is 13.4. The Balaban J connectivity index is 1.55. The van der Waals surface area contributed by atoms with Gasteiger partial charge in [0.2, 0.25) is 5.75 Å². The van der Waals surface area contributed by atoms with E-state index in [0.717, 1.165) is 11.1 Å². The molecule has 4 aromatic carbocycles. The van der Waals surface area contributed by atoms with E-state index in [1.165, 1.54) is 0 Å². The summed E-state index contributed by atoms with van der Waals surface area (Å²) in [5, 5.41) is 8.73. The molecule has 0 fully saturated rings. The molecule has 9 nitrogen and oxygen atoms in total. The van der Waals surface area contributed by atoms with Crippen LogP contribution in [0.5, 0.6) is 28.7 Å². The molecule has 4 rings (SSSR count). The van der Waals surface area contributed by atoms with Crippen molar-refractivity contribution in [1.29, 1.82) is 0 Å². The quantitative estimate of drug-likeness (QED) is 0.113. The Kier molecular flexibility index (Phi) is 10.7. The number of ether oxygens (including phenoxy) is 4. The van der Waals surface area contributed by atoms with Gasteiger partial charge in [0, 0.05) is 18.2 Å². The largest absolute Gasteiger partial charge is 0.493 e. The Morgan fingerprint density at radius 2 is 1.02 bits per heavy atom. The minimum atomic E-state index is -1.79. The van der Waals surface area contributed by atoms with E-state index in [1.807, 2.05) is 60.7 Å². The second kappa shape index (κ2) is 14.8. The molecule has 0 amide bonds. The van der Waals surface area contributed by atoms with Crippen molar-refractivity contribution in [1.82, 2.24) is 0 Å². The normalized spacial score (nSPS) is 11.0. The van der Waals surface area contributed by atoms with Gasteiger partial charge in [-0.1, -0.05) is 60.7 Å². The molecule has 0 heterocycles. The summed E-state index contributed by atoms with van der Waals surface area (Å²) in [4.78, 5) is 0. The van der Waals surface area contributed by atoms with Crippen LogP contribution in [0.25, 0.3) is 0 Å². The molecule has 0 aliphatic heterocycles. The molecule has 4 aromatic rings. The summed E-state index contributed by atoms with van der Waals surface area (Å²) in [6.07, 6.45) is 0. The van der Waals surface area contributed by atoms with E-state index in [-0.39, 0.29) is 0 Å². The lowest BCUT2D eigenvalue weighted by Gasteiger charge is -2.19. The van der Waals surface area contributed by atoms with Gasteiger partial charge in [0.15, 0.2) is 23.0 Å². The summed E-state index contributed by atoms with van der Waals surface area (Å²) >= 11 is 0. The Morgan fingerprint density at radius 3 is 1.52 bits per heavy atom. The highest BCUT2D eigenvalue weighted by Crippen LogP contribution is 2.47. The van der Waals surface area contributed by atoms with E-state index in [2.05, 4.69) is 10.2 Å². The highest BCUT2D eigenvalue weighted by atomic mass is 31.2. The third kappa shape index (κ3) is 7.93. The van der Waals surface area contributed by atoms with E-state index in [4.69, 9.17) is 32.5 Å². The number of nitrogens with zero attached hydrogens (tertiary/aromatic N) is 2. The van der Waals surface area contributed by atoms with Crippen molar-refractivity contribution < 1.29 is 32.5 Å². The zero-order valence-corrected chi connectivity index (χ0v) is 23.7. The lowest BCUT2D eigenvalue weighted by atomic mass is 10.2. The Morgan fingerprint density at radius 1 is 0.525 bits per heavy atom. The van der Waals surface area contributed by atoms with Crippen LogP contribution in [0.2, 0.25) is 0 Å². The fraction of sp³-hybridized carbons (Fsp3) is 0.200. The highest BCUT2D eigenvalue weighted by Gasteiger charge is 2.19. The third-order valence-electron chi connectivity index (χ3n) is 5.61. The van der Waals surface area contributed by atoms with Crippen LogP contribution >= 0.6 is 8.60 Å². The molecule has 0 atom stereocenters. The topological polar surface area (TPSA) is 89.3 Å². The van der Waals surface area contributed by atoms with Gasteiger partial charge in [0.05, 0.1) is 53.0 Å². The molecule has 10 heteroatoms. The maximum atomic E-state index is 6.21. The van der Waals surface area contributed by atoms with Crippen molar-refractivity contribution in [3.63, 3.8) is 0 Å². The summed E-state index contributed by atoms with van der Waals surface area (Å²) in [5.74, 6) is 2.35. The van der Waals surface area contributed by atoms with E-state index in [1.54, 1.807) is 58.8 Å². The molecule has 0 saturated heterocycles. The first-order chi connectivity index (χ1) is 19.6. The van der Waals surface area contributed by atoms with Crippen LogP contribution in [0.1, 0.15) is 11.1 Å². The van der Waals surface area contributed by atoms with Gasteiger partial charge in [-0.25, -0.2) is 0 Å². The van der Waals surface area contributed by atoms with Crippen molar-refractivity contribution in [2.75, 3.05) is 28.4 Å². The molecule has 0 N–H and O–H groups in total. The molecule has 0 aliphatic rings. The van der Waals surface area contributed by atoms with Crippen LogP contribution in [-0.4, -0.2) is 28.4 Å². The van der Waals surface area contributed by atoms with Gasteiger partial charge in [-0.2, -0.15) is 10.2 Å². The molecule has 40 heavy (non-hydrogen) atoms. The molecule has 0 unspecified atom stereocenters. The minimum absolute atomic E-state index is 0.324. The fourth-order valence-electron chi connectivity index (χ4n) is 3.61. The van der Waals surface area contributed by atoms with Crippen molar-refractivity contribution in [3.8, 4) is 28.7 Å². The second-order valence-corrected chi connectivity index (χ2v) is 9.40. The van der Waals surface area contributed by atoms with Crippen LogP contribution in [0, 0.1) is 0 Å². The molecule has 0 aromatic heterocycles. The lowest BCUT2D eigenvalue weighted by Crippen LogP contribution is -2.00. The van der Waals surface area contributed by atoms with E-state index in [0.29, 0.717) is 53.3 Å². The summed E-state index contributed by atoms with van der Waals surface area (Å²) in [6, 6.07) is 28.3. The van der Waals surface area contributed by atoms with Crippen LogP contribution in [0.15, 0.2) is 101 Å². The second-order valence-electron chi connectivity index (χ2n) is 8.25. The average Bonchev–Trinajstić information content (AvgIpc) is 3.01. The van der Waals surface area contributed by atoms with Crippen LogP contribution < -0.4 is 23.5 Å². The molecule has 0 bridgehead atoms. The van der Waals surface area contributed by atoms with Crippen molar-refractivity contribution in [2.24, 2.45) is 10.2 Å². The first-order valence-electron chi connectivity index (χ1n) is 12.3. The molecular formula is C30H31N2O7P. The summed E-state index contributed by atoms with van der Waals surface area (Å²) in [5.41, 5.74) is 3.06. The van der Waals surface area contributed by atoms with E-state index >= 15 is 0 Å². The molecule has 0 spiro atoms. The van der Waals surface area contributed by atoms with Crippen LogP contribution in [0.3, 0.4) is 0 Å². The Bertz CT molecular complexity index is 1320. The number of rotatable bonds is 14. The fourth-order valence-corrected chi connectivity index (χ4v) is 4.60. The maximum Gasteiger partial charge on any atom is 0.398 e. The van der Waals surface area contributed by atoms with Gasteiger partial charge in [-0.3, -0.25) is 9.05 Å². The van der Waals surface area contributed by atoms with Gasteiger partial charge in [0.25, 0.3) is 0 Å². The monoisotopic (exact) mass is 562 g/mol. The van der Waals surface area contributed by atoms with Crippen LogP contribution in [-0.2, 0) is 22.3 Å². The number of methoxy groups -OCH3 is 4. The predicted molar refractivity (Wildman–Crippen MR) is 153 cm³/mol. The van der Waals surface area contributed by atoms with Gasteiger partial charge in [-0.05, 0) is 23.3 Å². The summed E-state index contributed by atoms with van der Waals surface area (Å²) < 4.78 is 40.1. The van der Waals surface area contributed by atoms with Gasteiger partial charge >= 0.3 is 8.60 Å². The average molecular weight is 563 g/mol. The Labute approximate surface area is 235 Å². The number of hydrogen-bond donors (Lipinski definition) is 0.